The zero-order chi connectivity index (χ0) is 20.3. The highest BCUT2D eigenvalue weighted by Crippen LogP contribution is 2.35. The van der Waals surface area contributed by atoms with Gasteiger partial charge in [-0.05, 0) is 55.7 Å². The summed E-state index contributed by atoms with van der Waals surface area (Å²) in [4.78, 5) is 19.4. The van der Waals surface area contributed by atoms with E-state index in [1.54, 1.807) is 5.38 Å². The summed E-state index contributed by atoms with van der Waals surface area (Å²) in [7, 11) is 0. The van der Waals surface area contributed by atoms with Crippen LogP contribution in [0.4, 0.5) is 22.2 Å². The molecule has 8 heteroatoms. The Hall–Kier alpha value is -3.26. The lowest BCUT2D eigenvalue weighted by Gasteiger charge is -2.28. The Morgan fingerprint density at radius 2 is 1.73 bits per heavy atom. The van der Waals surface area contributed by atoms with E-state index in [2.05, 4.69) is 32.7 Å². The van der Waals surface area contributed by atoms with Gasteiger partial charge in [0.2, 0.25) is 6.79 Å². The summed E-state index contributed by atoms with van der Waals surface area (Å²) in [5, 5.41) is 8.51. The van der Waals surface area contributed by atoms with Gasteiger partial charge in [-0.15, -0.1) is 11.3 Å². The van der Waals surface area contributed by atoms with Crippen LogP contribution >= 0.6 is 11.3 Å². The average molecular weight is 423 g/mol. The second kappa shape index (κ2) is 8.23. The Morgan fingerprint density at radius 1 is 0.967 bits per heavy atom. The lowest BCUT2D eigenvalue weighted by molar-refractivity contribution is 0.102. The molecule has 2 aliphatic rings. The highest BCUT2D eigenvalue weighted by Gasteiger charge is 2.16. The molecular weight excluding hydrogens is 400 g/mol. The molecule has 2 N–H and O–H groups in total. The molecule has 1 aromatic heterocycles. The van der Waals surface area contributed by atoms with Crippen molar-refractivity contribution in [2.24, 2.45) is 0 Å². The molecule has 0 aliphatic carbocycles. The van der Waals surface area contributed by atoms with Gasteiger partial charge in [0.05, 0.1) is 0 Å². The van der Waals surface area contributed by atoms with Crippen LogP contribution in [0, 0.1) is 0 Å². The molecule has 1 saturated heterocycles. The fourth-order valence-corrected chi connectivity index (χ4v) is 4.35. The standard InChI is InChI=1S/C22H22N4O3S/c27-21(23-15-4-7-17(8-5-15)26-10-2-1-3-11-26)18-13-30-22(25-18)24-16-6-9-19-20(12-16)29-14-28-19/h4-9,12-13H,1-3,10-11,14H2,(H,23,27)(H,24,25). The van der Waals surface area contributed by atoms with Crippen LogP contribution in [0.1, 0.15) is 29.8 Å². The van der Waals surface area contributed by atoms with Gasteiger partial charge in [-0.3, -0.25) is 4.79 Å². The van der Waals surface area contributed by atoms with E-state index in [-0.39, 0.29) is 12.7 Å². The number of rotatable bonds is 5. The monoisotopic (exact) mass is 422 g/mol. The van der Waals surface area contributed by atoms with Gasteiger partial charge in [-0.25, -0.2) is 4.98 Å². The molecule has 0 radical (unpaired) electrons. The van der Waals surface area contributed by atoms with Crippen molar-refractivity contribution < 1.29 is 14.3 Å². The number of nitrogens with one attached hydrogen (secondary N) is 2. The maximum absolute atomic E-state index is 12.6. The second-order valence-electron chi connectivity index (χ2n) is 7.28. The summed E-state index contributed by atoms with van der Waals surface area (Å²) in [6.45, 7) is 2.44. The molecule has 2 aliphatic heterocycles. The van der Waals surface area contributed by atoms with Crippen molar-refractivity contribution in [3.8, 4) is 11.5 Å². The summed E-state index contributed by atoms with van der Waals surface area (Å²) >= 11 is 1.38. The van der Waals surface area contributed by atoms with E-state index in [4.69, 9.17) is 9.47 Å². The number of carbonyl (C=O) groups excluding carboxylic acids is 1. The van der Waals surface area contributed by atoms with Crippen molar-refractivity contribution in [1.29, 1.82) is 0 Å². The summed E-state index contributed by atoms with van der Waals surface area (Å²) in [6.07, 6.45) is 3.79. The van der Waals surface area contributed by atoms with Crippen molar-refractivity contribution in [2.45, 2.75) is 19.3 Å². The normalized spacial score (nSPS) is 15.1. The smallest absolute Gasteiger partial charge is 0.275 e. The fourth-order valence-electron chi connectivity index (χ4n) is 3.64. The van der Waals surface area contributed by atoms with E-state index < -0.39 is 0 Å². The third-order valence-corrected chi connectivity index (χ3v) is 5.96. The lowest BCUT2D eigenvalue weighted by Crippen LogP contribution is -2.29. The van der Waals surface area contributed by atoms with Gasteiger partial charge in [-0.2, -0.15) is 0 Å². The quantitative estimate of drug-likeness (QED) is 0.612. The first-order chi connectivity index (χ1) is 14.7. The van der Waals surface area contributed by atoms with Crippen LogP contribution in [-0.2, 0) is 0 Å². The Morgan fingerprint density at radius 3 is 2.57 bits per heavy atom. The molecule has 0 unspecified atom stereocenters. The molecule has 2 aromatic carbocycles. The third-order valence-electron chi connectivity index (χ3n) is 5.21. The minimum absolute atomic E-state index is 0.226. The number of amides is 1. The van der Waals surface area contributed by atoms with E-state index >= 15 is 0 Å². The number of fused-ring (bicyclic) bond motifs is 1. The zero-order valence-electron chi connectivity index (χ0n) is 16.4. The average Bonchev–Trinajstić information content (AvgIpc) is 3.44. The van der Waals surface area contributed by atoms with E-state index in [1.807, 2.05) is 30.3 Å². The number of hydrogen-bond acceptors (Lipinski definition) is 7. The van der Waals surface area contributed by atoms with Crippen LogP contribution in [0.3, 0.4) is 0 Å². The van der Waals surface area contributed by atoms with Gasteiger partial charge < -0.3 is 25.0 Å². The fraction of sp³-hybridized carbons (Fsp3) is 0.273. The first-order valence-corrected chi connectivity index (χ1v) is 10.9. The molecule has 0 saturated carbocycles. The maximum Gasteiger partial charge on any atom is 0.275 e. The molecule has 0 bridgehead atoms. The van der Waals surface area contributed by atoms with E-state index in [1.165, 1.54) is 36.3 Å². The van der Waals surface area contributed by atoms with Crippen molar-refractivity contribution in [3.05, 3.63) is 53.5 Å². The number of ether oxygens (including phenoxy) is 2. The number of anilines is 4. The molecule has 30 heavy (non-hydrogen) atoms. The van der Waals surface area contributed by atoms with Gasteiger partial charge in [0.15, 0.2) is 16.6 Å². The zero-order valence-corrected chi connectivity index (χ0v) is 17.2. The molecule has 0 spiro atoms. The largest absolute Gasteiger partial charge is 0.454 e. The minimum atomic E-state index is -0.226. The summed E-state index contributed by atoms with van der Waals surface area (Å²) < 4.78 is 10.7. The van der Waals surface area contributed by atoms with E-state index in [9.17, 15) is 4.79 Å². The van der Waals surface area contributed by atoms with Crippen LogP contribution in [0.2, 0.25) is 0 Å². The predicted octanol–water partition coefficient (Wildman–Crippen LogP) is 4.86. The van der Waals surface area contributed by atoms with Crippen molar-refractivity contribution >= 4 is 39.4 Å². The van der Waals surface area contributed by atoms with Gasteiger partial charge in [-0.1, -0.05) is 0 Å². The van der Waals surface area contributed by atoms with E-state index in [0.717, 1.165) is 30.2 Å². The van der Waals surface area contributed by atoms with Crippen LogP contribution in [0.5, 0.6) is 11.5 Å². The first kappa shape index (κ1) is 18.7. The minimum Gasteiger partial charge on any atom is -0.454 e. The molecule has 0 atom stereocenters. The molecule has 3 aromatic rings. The number of nitrogens with zero attached hydrogens (tertiary/aromatic N) is 2. The SMILES string of the molecule is O=C(Nc1ccc(N2CCCCC2)cc1)c1csc(Nc2ccc3c(c2)OCO3)n1. The van der Waals surface area contributed by atoms with Crippen LogP contribution in [-0.4, -0.2) is 30.8 Å². The number of piperidine rings is 1. The molecule has 5 rings (SSSR count). The molecule has 3 heterocycles. The topological polar surface area (TPSA) is 75.7 Å². The van der Waals surface area contributed by atoms with E-state index in [0.29, 0.717) is 16.6 Å². The second-order valence-corrected chi connectivity index (χ2v) is 8.14. The third kappa shape index (κ3) is 4.04. The lowest BCUT2D eigenvalue weighted by atomic mass is 10.1. The predicted molar refractivity (Wildman–Crippen MR) is 118 cm³/mol. The van der Waals surface area contributed by atoms with Gasteiger partial charge in [0.25, 0.3) is 5.91 Å². The van der Waals surface area contributed by atoms with Crippen LogP contribution < -0.4 is 25.0 Å². The number of aromatic nitrogens is 1. The first-order valence-electron chi connectivity index (χ1n) is 10.0. The number of carbonyl (C=O) groups is 1. The highest BCUT2D eigenvalue weighted by molar-refractivity contribution is 7.14. The number of hydrogen-bond donors (Lipinski definition) is 2. The van der Waals surface area contributed by atoms with Gasteiger partial charge in [0.1, 0.15) is 5.69 Å². The van der Waals surface area contributed by atoms with Crippen molar-refractivity contribution in [3.63, 3.8) is 0 Å². The Kier molecular flexibility index (Phi) is 5.15. The molecule has 1 fully saturated rings. The number of thiazole rings is 1. The van der Waals surface area contributed by atoms with Crippen LogP contribution in [0.15, 0.2) is 47.8 Å². The maximum atomic E-state index is 12.6. The summed E-state index contributed by atoms with van der Waals surface area (Å²) in [6, 6.07) is 13.6. The highest BCUT2D eigenvalue weighted by atomic mass is 32.1. The van der Waals surface area contributed by atoms with Crippen molar-refractivity contribution in [1.82, 2.24) is 4.98 Å². The Balaban J connectivity index is 1.21. The number of benzene rings is 2. The Bertz CT molecular complexity index is 1040. The molecule has 7 nitrogen and oxygen atoms in total. The summed E-state index contributed by atoms with van der Waals surface area (Å²) in [5.41, 5.74) is 3.17. The molecule has 1 amide bonds. The molecular formula is C22H22N4O3S. The van der Waals surface area contributed by atoms with Gasteiger partial charge >= 0.3 is 0 Å². The van der Waals surface area contributed by atoms with Crippen molar-refractivity contribution in [2.75, 3.05) is 35.4 Å². The molecule has 154 valence electrons. The van der Waals surface area contributed by atoms with Gasteiger partial charge in [0, 0.05) is 41.6 Å². The summed E-state index contributed by atoms with van der Waals surface area (Å²) in [5.74, 6) is 1.20. The Labute approximate surface area is 178 Å². The van der Waals surface area contributed by atoms with Crippen LogP contribution in [0.25, 0.3) is 0 Å².